The Morgan fingerprint density at radius 2 is 2.23 bits per heavy atom. The Hall–Kier alpha value is -2.23. The van der Waals surface area contributed by atoms with Gasteiger partial charge in [-0.25, -0.2) is 9.97 Å². The van der Waals surface area contributed by atoms with Crippen molar-refractivity contribution in [1.82, 2.24) is 14.9 Å². The van der Waals surface area contributed by atoms with Crippen molar-refractivity contribution >= 4 is 47.7 Å². The maximum Gasteiger partial charge on any atom is 0.210 e. The second-order valence-electron chi connectivity index (χ2n) is 7.59. The van der Waals surface area contributed by atoms with E-state index in [0.29, 0.717) is 6.61 Å². The molecule has 2 aromatic rings. The van der Waals surface area contributed by atoms with Gasteiger partial charge in [0.05, 0.1) is 45.9 Å². The molecule has 0 radical (unpaired) electrons. The van der Waals surface area contributed by atoms with Crippen LogP contribution in [0.2, 0.25) is 0 Å². The van der Waals surface area contributed by atoms with Gasteiger partial charge in [0.2, 0.25) is 6.41 Å². The summed E-state index contributed by atoms with van der Waals surface area (Å²) in [5.74, 6) is 1.60. The predicted molar refractivity (Wildman–Crippen MR) is 130 cm³/mol. The van der Waals surface area contributed by atoms with E-state index < -0.39 is 0 Å². The van der Waals surface area contributed by atoms with Crippen molar-refractivity contribution in [2.75, 3.05) is 31.0 Å². The molecule has 31 heavy (non-hydrogen) atoms. The smallest absolute Gasteiger partial charge is 0.210 e. The van der Waals surface area contributed by atoms with Crippen molar-refractivity contribution < 1.29 is 9.53 Å². The maximum absolute atomic E-state index is 10.5. The largest absolute Gasteiger partial charge is 0.377 e. The third-order valence-corrected chi connectivity index (χ3v) is 6.96. The number of anilines is 1. The Bertz CT molecular complexity index is 922. The van der Waals surface area contributed by atoms with Gasteiger partial charge < -0.3 is 15.0 Å². The molecule has 3 heterocycles. The van der Waals surface area contributed by atoms with Crippen molar-refractivity contribution in [2.45, 2.75) is 39.2 Å². The van der Waals surface area contributed by atoms with Crippen molar-refractivity contribution in [3.8, 4) is 0 Å². The Labute approximate surface area is 192 Å². The Kier molecular flexibility index (Phi) is 8.22. The number of hydrogen-bond donors (Lipinski definition) is 1. The van der Waals surface area contributed by atoms with E-state index in [0.717, 1.165) is 70.9 Å². The molecular formula is C22H29N5O2S2. The normalized spacial score (nSPS) is 17.0. The minimum absolute atomic E-state index is 0.139. The van der Waals surface area contributed by atoms with Crippen LogP contribution in [0.4, 0.5) is 5.82 Å². The highest BCUT2D eigenvalue weighted by Crippen LogP contribution is 2.42. The third-order valence-electron chi connectivity index (χ3n) is 5.16. The van der Waals surface area contributed by atoms with Gasteiger partial charge in [-0.15, -0.1) is 23.1 Å². The molecule has 2 fully saturated rings. The number of thioether (sulfide) groups is 1. The number of aryl methyl sites for hydroxylation is 3. The molecule has 1 amide bonds. The minimum atomic E-state index is 0.139. The number of nitrogens with one attached hydrogen (secondary N) is 1. The van der Waals surface area contributed by atoms with Crippen molar-refractivity contribution in [3.63, 3.8) is 0 Å². The van der Waals surface area contributed by atoms with Crippen LogP contribution in [0.25, 0.3) is 5.70 Å². The fourth-order valence-electron chi connectivity index (χ4n) is 3.23. The standard InChI is InChI=1S/C15H18N4S2.C7H11NO2/c1-10-5-6-14(17-7-10)18-9-20-8-13(16-4)15-11(2)19-12(3)21-15;9-6-8-3-4-10-5-7(8)1-2-7/h5-8H,4,9H2,1-3H3,(H,17,18);6H,1-5H2/b13-8-;. The van der Waals surface area contributed by atoms with E-state index in [2.05, 4.69) is 27.0 Å². The fraction of sp³-hybridized carbons (Fsp3) is 0.455. The molecule has 7 nitrogen and oxygen atoms in total. The van der Waals surface area contributed by atoms with Gasteiger partial charge in [0.1, 0.15) is 5.82 Å². The van der Waals surface area contributed by atoms with E-state index in [1.165, 1.54) is 0 Å². The van der Waals surface area contributed by atoms with Gasteiger partial charge in [-0.1, -0.05) is 6.07 Å². The van der Waals surface area contributed by atoms with Crippen LogP contribution in [0, 0.1) is 20.8 Å². The van der Waals surface area contributed by atoms with Crippen molar-refractivity contribution in [1.29, 1.82) is 0 Å². The summed E-state index contributed by atoms with van der Waals surface area (Å²) in [7, 11) is 0. The SMILES string of the molecule is C=N/C(=C\SCNc1ccc(C)cn1)c1sc(C)nc1C.O=CN1CCOCC12CC2. The van der Waals surface area contributed by atoms with E-state index in [1.807, 2.05) is 49.4 Å². The molecule has 1 saturated carbocycles. The highest BCUT2D eigenvalue weighted by molar-refractivity contribution is 8.02. The number of rotatable bonds is 7. The number of pyridine rings is 1. The summed E-state index contributed by atoms with van der Waals surface area (Å²) in [5.41, 5.74) is 3.17. The first-order valence-corrected chi connectivity index (χ1v) is 12.0. The molecule has 0 bridgehead atoms. The molecule has 1 N–H and O–H groups in total. The zero-order valence-electron chi connectivity index (χ0n) is 18.3. The molecule has 1 spiro atoms. The number of carbonyl (C=O) groups is 1. The molecule has 0 unspecified atom stereocenters. The number of ether oxygens (including phenoxy) is 1. The average Bonchev–Trinajstić information content (AvgIpc) is 3.45. The van der Waals surface area contributed by atoms with Crippen LogP contribution in [0.3, 0.4) is 0 Å². The second-order valence-corrected chi connectivity index (χ2v) is 9.65. The van der Waals surface area contributed by atoms with E-state index in [-0.39, 0.29) is 5.54 Å². The summed E-state index contributed by atoms with van der Waals surface area (Å²) >= 11 is 3.27. The van der Waals surface area contributed by atoms with Gasteiger partial charge in [-0.3, -0.25) is 9.79 Å². The van der Waals surface area contributed by atoms with Crippen LogP contribution in [-0.4, -0.2) is 59.2 Å². The van der Waals surface area contributed by atoms with Crippen LogP contribution in [0.15, 0.2) is 28.7 Å². The molecule has 9 heteroatoms. The Balaban J connectivity index is 0.000000225. The molecule has 2 aromatic heterocycles. The number of hydrogen-bond acceptors (Lipinski definition) is 8. The van der Waals surface area contributed by atoms with Gasteiger partial charge in [0.15, 0.2) is 0 Å². The molecule has 0 aromatic carbocycles. The number of morpholine rings is 1. The first-order chi connectivity index (χ1) is 15.0. The van der Waals surface area contributed by atoms with Gasteiger partial charge in [0, 0.05) is 12.7 Å². The average molecular weight is 460 g/mol. The third kappa shape index (κ3) is 6.38. The van der Waals surface area contributed by atoms with Crippen LogP contribution in [0.5, 0.6) is 0 Å². The predicted octanol–water partition coefficient (Wildman–Crippen LogP) is 4.27. The van der Waals surface area contributed by atoms with Gasteiger partial charge in [-0.2, -0.15) is 0 Å². The number of nitrogens with zero attached hydrogens (tertiary/aromatic N) is 4. The summed E-state index contributed by atoms with van der Waals surface area (Å²) in [6.07, 6.45) is 5.07. The van der Waals surface area contributed by atoms with Crippen LogP contribution >= 0.6 is 23.1 Å². The lowest BCUT2D eigenvalue weighted by Crippen LogP contribution is -2.46. The summed E-state index contributed by atoms with van der Waals surface area (Å²) in [5, 5.41) is 6.31. The number of carbonyl (C=O) groups excluding carboxylic acids is 1. The zero-order chi connectivity index (χ0) is 22.3. The van der Waals surface area contributed by atoms with Crippen LogP contribution < -0.4 is 5.32 Å². The van der Waals surface area contributed by atoms with Crippen molar-refractivity contribution in [2.24, 2.45) is 4.99 Å². The number of amides is 1. The molecule has 4 rings (SSSR count). The van der Waals surface area contributed by atoms with E-state index in [1.54, 1.807) is 23.1 Å². The van der Waals surface area contributed by atoms with Crippen molar-refractivity contribution in [3.05, 3.63) is 44.9 Å². The summed E-state index contributed by atoms with van der Waals surface area (Å²) in [6, 6.07) is 4.01. The molecule has 1 aliphatic heterocycles. The number of aromatic nitrogens is 2. The Morgan fingerprint density at radius 3 is 2.77 bits per heavy atom. The molecule has 166 valence electrons. The summed E-state index contributed by atoms with van der Waals surface area (Å²) in [4.78, 5) is 26.3. The van der Waals surface area contributed by atoms with Crippen LogP contribution in [-0.2, 0) is 9.53 Å². The maximum atomic E-state index is 10.5. The number of aliphatic imine (C=N–C) groups is 1. The molecule has 1 aliphatic carbocycles. The molecule has 2 aliphatic rings. The summed E-state index contributed by atoms with van der Waals surface area (Å²) < 4.78 is 5.28. The summed E-state index contributed by atoms with van der Waals surface area (Å²) in [6.45, 7) is 11.9. The highest BCUT2D eigenvalue weighted by atomic mass is 32.2. The van der Waals surface area contributed by atoms with E-state index in [9.17, 15) is 4.79 Å². The lowest BCUT2D eigenvalue weighted by Gasteiger charge is -2.32. The van der Waals surface area contributed by atoms with E-state index in [4.69, 9.17) is 4.74 Å². The Morgan fingerprint density at radius 1 is 1.42 bits per heavy atom. The van der Waals surface area contributed by atoms with Gasteiger partial charge in [-0.05, 0) is 57.4 Å². The lowest BCUT2D eigenvalue weighted by atomic mass is 10.2. The first kappa shape index (κ1) is 23.4. The quantitative estimate of drug-likeness (QED) is 0.288. The van der Waals surface area contributed by atoms with Gasteiger partial charge >= 0.3 is 0 Å². The highest BCUT2D eigenvalue weighted by Gasteiger charge is 2.49. The molecule has 1 saturated heterocycles. The minimum Gasteiger partial charge on any atom is -0.377 e. The second kappa shape index (κ2) is 10.9. The van der Waals surface area contributed by atoms with E-state index >= 15 is 0 Å². The monoisotopic (exact) mass is 459 g/mol. The molecular weight excluding hydrogens is 430 g/mol. The van der Waals surface area contributed by atoms with Crippen LogP contribution in [0.1, 0.15) is 34.0 Å². The first-order valence-electron chi connectivity index (χ1n) is 10.2. The zero-order valence-corrected chi connectivity index (χ0v) is 19.9. The fourth-order valence-corrected chi connectivity index (χ4v) is 4.86. The topological polar surface area (TPSA) is 79.7 Å². The number of thiazole rings is 1. The lowest BCUT2D eigenvalue weighted by molar-refractivity contribution is -0.127. The van der Waals surface area contributed by atoms with Gasteiger partial charge in [0.25, 0.3) is 0 Å². The molecule has 0 atom stereocenters.